The van der Waals surface area contributed by atoms with Gasteiger partial charge < -0.3 is 20.3 Å². The molecule has 6 nitrogen and oxygen atoms in total. The van der Waals surface area contributed by atoms with Crippen LogP contribution in [0.5, 0.6) is 5.75 Å². The van der Waals surface area contributed by atoms with Crippen LogP contribution < -0.4 is 15.3 Å². The second kappa shape index (κ2) is 9.88. The SMILES string of the molecule is CCCCCC1NCc2cc(CC(=O)N[C@H]3Cc4cccc(C(C)=O)c4OB3O)ccc21. The Bertz CT molecular complexity index is 1010. The number of unbranched alkanes of at least 4 members (excludes halogenated alkanes) is 2. The first-order chi connectivity index (χ1) is 15.5. The van der Waals surface area contributed by atoms with Gasteiger partial charge in [-0.2, -0.15) is 0 Å². The van der Waals surface area contributed by atoms with Crippen molar-refractivity contribution in [3.05, 3.63) is 64.2 Å². The van der Waals surface area contributed by atoms with Gasteiger partial charge >= 0.3 is 7.12 Å². The lowest BCUT2D eigenvalue weighted by Gasteiger charge is -2.29. The number of hydrogen-bond acceptors (Lipinski definition) is 5. The topological polar surface area (TPSA) is 87.7 Å². The Morgan fingerprint density at radius 2 is 2.06 bits per heavy atom. The lowest BCUT2D eigenvalue weighted by Crippen LogP contribution is -2.53. The van der Waals surface area contributed by atoms with Gasteiger partial charge in [-0.25, -0.2) is 0 Å². The minimum atomic E-state index is -1.19. The van der Waals surface area contributed by atoms with Crippen LogP contribution in [0, 0.1) is 0 Å². The Balaban J connectivity index is 1.37. The van der Waals surface area contributed by atoms with E-state index in [0.29, 0.717) is 23.8 Å². The van der Waals surface area contributed by atoms with Crippen molar-refractivity contribution in [2.24, 2.45) is 0 Å². The first-order valence-corrected chi connectivity index (χ1v) is 11.6. The van der Waals surface area contributed by atoms with E-state index >= 15 is 0 Å². The Kier molecular flexibility index (Phi) is 6.96. The van der Waals surface area contributed by atoms with E-state index in [-0.39, 0.29) is 18.1 Å². The van der Waals surface area contributed by atoms with Crippen molar-refractivity contribution >= 4 is 18.8 Å². The zero-order valence-corrected chi connectivity index (χ0v) is 18.8. The van der Waals surface area contributed by atoms with Gasteiger partial charge in [-0.15, -0.1) is 0 Å². The molecule has 0 fully saturated rings. The van der Waals surface area contributed by atoms with Gasteiger partial charge in [0.1, 0.15) is 5.75 Å². The smallest absolute Gasteiger partial charge is 0.534 e. The number of Topliss-reactive ketones (excluding diaryl/α,β-unsaturated/α-hetero) is 1. The molecule has 7 heteroatoms. The van der Waals surface area contributed by atoms with Crippen LogP contribution in [0.15, 0.2) is 36.4 Å². The second-order valence-corrected chi connectivity index (χ2v) is 8.88. The third-order valence-electron chi connectivity index (χ3n) is 6.43. The minimum Gasteiger partial charge on any atom is -0.534 e. The maximum absolute atomic E-state index is 12.7. The summed E-state index contributed by atoms with van der Waals surface area (Å²) < 4.78 is 5.61. The molecule has 168 valence electrons. The summed E-state index contributed by atoms with van der Waals surface area (Å²) in [4.78, 5) is 24.5. The standard InChI is InChI=1S/C25H31BN2O4/c1-3-4-5-9-22-21-11-10-17(12-19(21)15-27-22)13-24(30)28-23-14-18-7-6-8-20(16(2)29)25(18)32-26(23)31/h6-8,10-12,22-23,27,31H,3-5,9,13-15H2,1-2H3,(H,28,30)/t22?,23-/m0/s1. The number of rotatable bonds is 8. The van der Waals surface area contributed by atoms with Gasteiger partial charge in [0.05, 0.1) is 17.9 Å². The Morgan fingerprint density at radius 3 is 2.84 bits per heavy atom. The van der Waals surface area contributed by atoms with Gasteiger partial charge in [-0.05, 0) is 48.1 Å². The highest BCUT2D eigenvalue weighted by atomic mass is 16.5. The number of carbonyl (C=O) groups is 2. The third-order valence-corrected chi connectivity index (χ3v) is 6.43. The molecular formula is C25H31BN2O4. The largest absolute Gasteiger partial charge is 0.547 e. The van der Waals surface area contributed by atoms with Crippen molar-refractivity contribution in [3.63, 3.8) is 0 Å². The lowest BCUT2D eigenvalue weighted by molar-refractivity contribution is -0.120. The Hall–Kier alpha value is -2.64. The van der Waals surface area contributed by atoms with Crippen LogP contribution in [-0.2, 0) is 24.2 Å². The summed E-state index contributed by atoms with van der Waals surface area (Å²) in [5, 5.41) is 16.9. The van der Waals surface area contributed by atoms with Crippen LogP contribution in [0.25, 0.3) is 0 Å². The monoisotopic (exact) mass is 434 g/mol. The van der Waals surface area contributed by atoms with Crippen LogP contribution in [-0.4, -0.2) is 29.8 Å². The molecule has 2 aliphatic rings. The average Bonchev–Trinajstić information content (AvgIpc) is 3.16. The summed E-state index contributed by atoms with van der Waals surface area (Å²) in [6, 6.07) is 12.0. The number of benzene rings is 2. The van der Waals surface area contributed by atoms with Crippen LogP contribution in [0.2, 0.25) is 0 Å². The van der Waals surface area contributed by atoms with E-state index in [2.05, 4.69) is 29.7 Å². The molecule has 2 atom stereocenters. The van der Waals surface area contributed by atoms with Gasteiger partial charge in [0.2, 0.25) is 5.91 Å². The molecule has 3 N–H and O–H groups in total. The molecule has 32 heavy (non-hydrogen) atoms. The van der Waals surface area contributed by atoms with Crippen molar-refractivity contribution in [1.29, 1.82) is 0 Å². The molecule has 0 bridgehead atoms. The third kappa shape index (κ3) is 4.89. The summed E-state index contributed by atoms with van der Waals surface area (Å²) >= 11 is 0. The van der Waals surface area contributed by atoms with E-state index in [4.69, 9.17) is 4.65 Å². The Labute approximate surface area is 189 Å². The van der Waals surface area contributed by atoms with Gasteiger partial charge in [0.15, 0.2) is 5.78 Å². The van der Waals surface area contributed by atoms with Crippen molar-refractivity contribution in [1.82, 2.24) is 10.6 Å². The first-order valence-electron chi connectivity index (χ1n) is 11.6. The predicted octanol–water partition coefficient (Wildman–Crippen LogP) is 3.30. The van der Waals surface area contributed by atoms with Gasteiger partial charge in [-0.1, -0.05) is 56.5 Å². The highest BCUT2D eigenvalue weighted by molar-refractivity contribution is 6.47. The van der Waals surface area contributed by atoms with Crippen LogP contribution in [0.3, 0.4) is 0 Å². The maximum atomic E-state index is 12.7. The molecule has 1 unspecified atom stereocenters. The summed E-state index contributed by atoms with van der Waals surface area (Å²) in [7, 11) is -1.19. The van der Waals surface area contributed by atoms with Gasteiger partial charge in [0, 0.05) is 12.6 Å². The maximum Gasteiger partial charge on any atom is 0.547 e. The highest BCUT2D eigenvalue weighted by Gasteiger charge is 2.37. The average molecular weight is 434 g/mol. The number of carbonyl (C=O) groups excluding carboxylic acids is 2. The molecule has 2 aromatic rings. The number of para-hydroxylation sites is 1. The van der Waals surface area contributed by atoms with Crippen molar-refractivity contribution in [2.75, 3.05) is 0 Å². The van der Waals surface area contributed by atoms with Crippen molar-refractivity contribution in [3.8, 4) is 5.75 Å². The molecule has 0 saturated heterocycles. The van der Waals surface area contributed by atoms with Crippen molar-refractivity contribution < 1.29 is 19.3 Å². The molecule has 0 radical (unpaired) electrons. The molecule has 0 spiro atoms. The van der Waals surface area contributed by atoms with Crippen LogP contribution >= 0.6 is 0 Å². The fourth-order valence-corrected chi connectivity index (χ4v) is 4.73. The van der Waals surface area contributed by atoms with E-state index in [1.807, 2.05) is 12.1 Å². The summed E-state index contributed by atoms with van der Waals surface area (Å²) in [6.07, 6.45) is 5.50. The number of hydrogen-bond donors (Lipinski definition) is 3. The number of nitrogens with one attached hydrogen (secondary N) is 2. The lowest BCUT2D eigenvalue weighted by atomic mass is 9.72. The molecule has 0 saturated carbocycles. The van der Waals surface area contributed by atoms with Crippen molar-refractivity contribution in [2.45, 2.75) is 70.9 Å². The number of amides is 1. The number of fused-ring (bicyclic) bond motifs is 2. The molecule has 1 amide bonds. The van der Waals surface area contributed by atoms with E-state index in [1.54, 1.807) is 12.1 Å². The summed E-state index contributed by atoms with van der Waals surface area (Å²) in [5.41, 5.74) is 4.84. The quantitative estimate of drug-likeness (QED) is 0.337. The van der Waals surface area contributed by atoms with Gasteiger partial charge in [0.25, 0.3) is 0 Å². The zero-order valence-electron chi connectivity index (χ0n) is 18.8. The fourth-order valence-electron chi connectivity index (χ4n) is 4.73. The fraction of sp³-hybridized carbons (Fsp3) is 0.440. The Morgan fingerprint density at radius 1 is 1.22 bits per heavy atom. The number of ketones is 1. The van der Waals surface area contributed by atoms with E-state index in [1.165, 1.54) is 37.3 Å². The molecule has 0 aliphatic carbocycles. The van der Waals surface area contributed by atoms with Gasteiger partial charge in [-0.3, -0.25) is 9.59 Å². The van der Waals surface area contributed by atoms with E-state index in [9.17, 15) is 14.6 Å². The molecule has 2 aromatic carbocycles. The zero-order chi connectivity index (χ0) is 22.7. The van der Waals surface area contributed by atoms with E-state index in [0.717, 1.165) is 24.1 Å². The first kappa shape index (κ1) is 22.6. The van der Waals surface area contributed by atoms with Crippen LogP contribution in [0.1, 0.15) is 78.2 Å². The minimum absolute atomic E-state index is 0.116. The molecule has 2 heterocycles. The molecule has 2 aliphatic heterocycles. The summed E-state index contributed by atoms with van der Waals surface area (Å²) in [6.45, 7) is 4.53. The normalized spacial score (nSPS) is 19.2. The molecule has 4 rings (SSSR count). The molecular weight excluding hydrogens is 403 g/mol. The molecule has 0 aromatic heterocycles. The predicted molar refractivity (Wildman–Crippen MR) is 125 cm³/mol. The second-order valence-electron chi connectivity index (χ2n) is 8.88. The summed E-state index contributed by atoms with van der Waals surface area (Å²) in [5.74, 6) is -0.418. The van der Waals surface area contributed by atoms with Crippen LogP contribution in [0.4, 0.5) is 0 Å². The van der Waals surface area contributed by atoms with E-state index < -0.39 is 13.1 Å². The highest BCUT2D eigenvalue weighted by Crippen LogP contribution is 2.31.